The van der Waals surface area contributed by atoms with Crippen LogP contribution in [0.25, 0.3) is 0 Å². The topological polar surface area (TPSA) is 62.2 Å². The molecular formula is C13H11BrN2O2. The van der Waals surface area contributed by atoms with Gasteiger partial charge in [0.2, 0.25) is 0 Å². The van der Waals surface area contributed by atoms with Gasteiger partial charge in [0.15, 0.2) is 0 Å². The number of aromatic nitrogens is 1. The van der Waals surface area contributed by atoms with Crippen LogP contribution < -0.4 is 5.32 Å². The van der Waals surface area contributed by atoms with E-state index >= 15 is 0 Å². The lowest BCUT2D eigenvalue weighted by molar-refractivity contribution is 0.0697. The Balaban J connectivity index is 2.12. The Morgan fingerprint density at radius 1 is 1.39 bits per heavy atom. The van der Waals surface area contributed by atoms with Gasteiger partial charge in [0.1, 0.15) is 0 Å². The number of rotatable bonds is 4. The molecule has 2 N–H and O–H groups in total. The number of aromatic carboxylic acids is 1. The summed E-state index contributed by atoms with van der Waals surface area (Å²) in [6.45, 7) is 0.601. The molecule has 0 unspecified atom stereocenters. The van der Waals surface area contributed by atoms with Gasteiger partial charge in [-0.3, -0.25) is 4.98 Å². The van der Waals surface area contributed by atoms with Crippen LogP contribution >= 0.6 is 15.9 Å². The van der Waals surface area contributed by atoms with E-state index in [1.54, 1.807) is 24.5 Å². The Kier molecular flexibility index (Phi) is 3.94. The molecule has 1 aromatic heterocycles. The zero-order chi connectivity index (χ0) is 13.0. The second-order valence-electron chi connectivity index (χ2n) is 3.75. The molecule has 2 rings (SSSR count). The van der Waals surface area contributed by atoms with Crippen molar-refractivity contribution >= 4 is 27.6 Å². The van der Waals surface area contributed by atoms with Crippen molar-refractivity contribution in [3.05, 3.63) is 58.3 Å². The highest BCUT2D eigenvalue weighted by molar-refractivity contribution is 9.10. The first-order valence-corrected chi connectivity index (χ1v) is 6.11. The predicted molar refractivity (Wildman–Crippen MR) is 72.7 cm³/mol. The third-order valence-electron chi connectivity index (χ3n) is 2.36. The van der Waals surface area contributed by atoms with E-state index < -0.39 is 5.97 Å². The number of halogens is 1. The summed E-state index contributed by atoms with van der Waals surface area (Å²) in [6.07, 6.45) is 3.48. The van der Waals surface area contributed by atoms with E-state index in [-0.39, 0.29) is 5.56 Å². The summed E-state index contributed by atoms with van der Waals surface area (Å²) in [6, 6.07) is 8.82. The monoisotopic (exact) mass is 306 g/mol. The lowest BCUT2D eigenvalue weighted by Gasteiger charge is -2.08. The maximum atomic E-state index is 10.9. The van der Waals surface area contributed by atoms with Crippen molar-refractivity contribution in [1.29, 1.82) is 0 Å². The molecule has 0 fully saturated rings. The smallest absolute Gasteiger partial charge is 0.335 e. The van der Waals surface area contributed by atoms with Gasteiger partial charge >= 0.3 is 5.97 Å². The van der Waals surface area contributed by atoms with Crippen LogP contribution in [-0.4, -0.2) is 16.1 Å². The van der Waals surface area contributed by atoms with Crippen molar-refractivity contribution in [3.63, 3.8) is 0 Å². The van der Waals surface area contributed by atoms with E-state index in [1.165, 1.54) is 0 Å². The fraction of sp³-hybridized carbons (Fsp3) is 0.0769. The van der Waals surface area contributed by atoms with Crippen LogP contribution in [0.4, 0.5) is 5.69 Å². The Morgan fingerprint density at radius 2 is 2.22 bits per heavy atom. The Labute approximate surface area is 113 Å². The number of hydrogen-bond acceptors (Lipinski definition) is 3. The summed E-state index contributed by atoms with van der Waals surface area (Å²) in [5.41, 5.74) is 2.04. The lowest BCUT2D eigenvalue weighted by atomic mass is 10.2. The first-order chi connectivity index (χ1) is 8.65. The van der Waals surface area contributed by atoms with E-state index in [0.717, 1.165) is 15.7 Å². The number of carboxylic acid groups (broad SMARTS) is 1. The van der Waals surface area contributed by atoms with Gasteiger partial charge in [-0.05, 0) is 29.8 Å². The second-order valence-corrected chi connectivity index (χ2v) is 4.66. The molecule has 0 saturated heterocycles. The lowest BCUT2D eigenvalue weighted by Crippen LogP contribution is -2.02. The van der Waals surface area contributed by atoms with Gasteiger partial charge in [-0.25, -0.2) is 4.79 Å². The summed E-state index contributed by atoms with van der Waals surface area (Å²) < 4.78 is 0.732. The third-order valence-corrected chi connectivity index (χ3v) is 2.82. The Hall–Kier alpha value is -1.88. The van der Waals surface area contributed by atoms with Gasteiger partial charge in [0.05, 0.1) is 5.56 Å². The second kappa shape index (κ2) is 5.64. The van der Waals surface area contributed by atoms with Crippen LogP contribution in [0.3, 0.4) is 0 Å². The van der Waals surface area contributed by atoms with Crippen LogP contribution in [0.5, 0.6) is 0 Å². The Bertz CT molecular complexity index is 558. The molecular weight excluding hydrogens is 296 g/mol. The number of pyridine rings is 1. The number of hydrogen-bond donors (Lipinski definition) is 2. The molecule has 0 bridgehead atoms. The predicted octanol–water partition coefficient (Wildman–Crippen LogP) is 3.15. The van der Waals surface area contributed by atoms with Crippen molar-refractivity contribution in [2.45, 2.75) is 6.54 Å². The molecule has 0 aliphatic heterocycles. The number of anilines is 1. The molecule has 1 heterocycles. The molecule has 0 amide bonds. The van der Waals surface area contributed by atoms with Gasteiger partial charge < -0.3 is 10.4 Å². The fourth-order valence-corrected chi connectivity index (χ4v) is 2.02. The number of carboxylic acids is 1. The number of benzene rings is 1. The van der Waals surface area contributed by atoms with Gasteiger partial charge in [0.25, 0.3) is 0 Å². The summed E-state index contributed by atoms with van der Waals surface area (Å²) in [5, 5.41) is 12.1. The van der Waals surface area contributed by atoms with E-state index in [4.69, 9.17) is 5.11 Å². The van der Waals surface area contributed by atoms with Gasteiger partial charge in [0, 0.05) is 29.1 Å². The number of nitrogens with one attached hydrogen (secondary N) is 1. The number of carbonyl (C=O) groups is 1. The summed E-state index contributed by atoms with van der Waals surface area (Å²) in [5.74, 6) is -0.944. The zero-order valence-corrected chi connectivity index (χ0v) is 11.0. The van der Waals surface area contributed by atoms with Crippen molar-refractivity contribution in [3.8, 4) is 0 Å². The highest BCUT2D eigenvalue weighted by Gasteiger charge is 2.05. The fourth-order valence-electron chi connectivity index (χ4n) is 1.52. The van der Waals surface area contributed by atoms with Crippen molar-refractivity contribution in [2.75, 3.05) is 5.32 Å². The number of nitrogens with zero attached hydrogens (tertiary/aromatic N) is 1. The van der Waals surface area contributed by atoms with Crippen molar-refractivity contribution < 1.29 is 9.90 Å². The summed E-state index contributed by atoms with van der Waals surface area (Å²) in [4.78, 5) is 14.9. The maximum absolute atomic E-state index is 10.9. The molecule has 0 saturated carbocycles. The average Bonchev–Trinajstić information content (AvgIpc) is 2.37. The van der Waals surface area contributed by atoms with Gasteiger partial charge in [-0.15, -0.1) is 0 Å². The van der Waals surface area contributed by atoms with Crippen molar-refractivity contribution in [2.24, 2.45) is 0 Å². The van der Waals surface area contributed by atoms with Crippen LogP contribution in [-0.2, 0) is 6.54 Å². The quantitative estimate of drug-likeness (QED) is 0.911. The third kappa shape index (κ3) is 3.30. The summed E-state index contributed by atoms with van der Waals surface area (Å²) in [7, 11) is 0. The largest absolute Gasteiger partial charge is 0.478 e. The standard InChI is InChI=1S/C13H11BrN2O2/c14-11-4-10(13(17)18)5-12(6-11)16-8-9-2-1-3-15-7-9/h1-7,16H,8H2,(H,17,18). The molecule has 18 heavy (non-hydrogen) atoms. The first-order valence-electron chi connectivity index (χ1n) is 5.32. The van der Waals surface area contributed by atoms with E-state index in [1.807, 2.05) is 18.2 Å². The van der Waals surface area contributed by atoms with Gasteiger partial charge in [-0.1, -0.05) is 22.0 Å². The molecule has 4 nitrogen and oxygen atoms in total. The molecule has 0 atom stereocenters. The van der Waals surface area contributed by atoms with E-state index in [0.29, 0.717) is 6.54 Å². The molecule has 2 aromatic rings. The molecule has 0 aliphatic carbocycles. The molecule has 92 valence electrons. The normalized spacial score (nSPS) is 10.1. The van der Waals surface area contributed by atoms with Crippen LogP contribution in [0, 0.1) is 0 Å². The minimum atomic E-state index is -0.944. The van der Waals surface area contributed by atoms with E-state index in [2.05, 4.69) is 26.2 Å². The molecule has 0 radical (unpaired) electrons. The minimum Gasteiger partial charge on any atom is -0.478 e. The van der Waals surface area contributed by atoms with Crippen molar-refractivity contribution in [1.82, 2.24) is 4.98 Å². The van der Waals surface area contributed by atoms with E-state index in [9.17, 15) is 4.79 Å². The molecule has 0 aliphatic rings. The molecule has 0 spiro atoms. The first kappa shape index (κ1) is 12.6. The van der Waals surface area contributed by atoms with Crippen LogP contribution in [0.15, 0.2) is 47.2 Å². The Morgan fingerprint density at radius 3 is 2.89 bits per heavy atom. The summed E-state index contributed by atoms with van der Waals surface area (Å²) >= 11 is 3.29. The van der Waals surface area contributed by atoms with Crippen LogP contribution in [0.1, 0.15) is 15.9 Å². The highest BCUT2D eigenvalue weighted by atomic mass is 79.9. The average molecular weight is 307 g/mol. The highest BCUT2D eigenvalue weighted by Crippen LogP contribution is 2.20. The molecule has 1 aromatic carbocycles. The van der Waals surface area contributed by atoms with Crippen LogP contribution in [0.2, 0.25) is 0 Å². The minimum absolute atomic E-state index is 0.248. The maximum Gasteiger partial charge on any atom is 0.335 e. The molecule has 5 heteroatoms. The SMILES string of the molecule is O=C(O)c1cc(Br)cc(NCc2cccnc2)c1. The van der Waals surface area contributed by atoms with Gasteiger partial charge in [-0.2, -0.15) is 0 Å². The zero-order valence-electron chi connectivity index (χ0n) is 9.43.